The molecular formula is C14H18FN3O4. The molecule has 0 spiro atoms. The van der Waals surface area contributed by atoms with Crippen molar-refractivity contribution < 1.29 is 23.8 Å². The van der Waals surface area contributed by atoms with Gasteiger partial charge in [-0.15, -0.1) is 0 Å². The summed E-state index contributed by atoms with van der Waals surface area (Å²) < 4.78 is 17.7. The Morgan fingerprint density at radius 1 is 1.55 bits per heavy atom. The maximum atomic E-state index is 12.7. The molecule has 2 N–H and O–H groups in total. The minimum atomic E-state index is -1.06. The minimum absolute atomic E-state index is 0.0611. The third-order valence-electron chi connectivity index (χ3n) is 3.72. The normalized spacial score (nSPS) is 20.9. The maximum absolute atomic E-state index is 12.7. The molecule has 2 rings (SSSR count). The molecule has 1 atom stereocenters. The molecule has 7 nitrogen and oxygen atoms in total. The van der Waals surface area contributed by atoms with Gasteiger partial charge in [-0.3, -0.25) is 9.78 Å². The van der Waals surface area contributed by atoms with Gasteiger partial charge in [0.2, 0.25) is 0 Å². The highest BCUT2D eigenvalue weighted by atomic mass is 19.1. The van der Waals surface area contributed by atoms with Crippen LogP contribution < -0.4 is 5.32 Å². The van der Waals surface area contributed by atoms with E-state index >= 15 is 0 Å². The Hall–Kier alpha value is -2.22. The van der Waals surface area contributed by atoms with Crippen molar-refractivity contribution in [1.82, 2.24) is 15.2 Å². The maximum Gasteiger partial charge on any atom is 0.317 e. The summed E-state index contributed by atoms with van der Waals surface area (Å²) in [6.07, 6.45) is 1.42. The fourth-order valence-electron chi connectivity index (χ4n) is 2.47. The second-order valence-electron chi connectivity index (χ2n) is 5.32. The average Bonchev–Trinajstić information content (AvgIpc) is 2.92. The number of carboxylic acid groups (broad SMARTS) is 1. The Labute approximate surface area is 127 Å². The van der Waals surface area contributed by atoms with Gasteiger partial charge in [-0.1, -0.05) is 0 Å². The highest BCUT2D eigenvalue weighted by Crippen LogP contribution is 2.31. The number of aromatic nitrogens is 1. The van der Waals surface area contributed by atoms with Crippen LogP contribution in [0, 0.1) is 11.2 Å². The fourth-order valence-corrected chi connectivity index (χ4v) is 2.47. The minimum Gasteiger partial charge on any atom is -0.481 e. The predicted octanol–water partition coefficient (Wildman–Crippen LogP) is 0.853. The number of pyridine rings is 1. The molecule has 0 aromatic carbocycles. The van der Waals surface area contributed by atoms with Gasteiger partial charge in [0.25, 0.3) is 0 Å². The Bertz CT molecular complexity index is 552. The standard InChI is InChI=1S/C14H18FN3O4/c1-22-9-14(12(19)20)4-5-18(8-14)13(21)17-7-11-3-2-10(15)6-16-11/h2-3,6H,4-5,7-9H2,1H3,(H,17,21)(H,19,20). The second kappa shape index (κ2) is 6.69. The number of urea groups is 1. The number of nitrogens with one attached hydrogen (secondary N) is 1. The number of amides is 2. The molecule has 0 radical (unpaired) electrons. The third kappa shape index (κ3) is 3.51. The van der Waals surface area contributed by atoms with Gasteiger partial charge < -0.3 is 20.1 Å². The highest BCUT2D eigenvalue weighted by molar-refractivity contribution is 5.79. The molecule has 1 fully saturated rings. The fraction of sp³-hybridized carbons (Fsp3) is 0.500. The van der Waals surface area contributed by atoms with E-state index < -0.39 is 17.2 Å². The zero-order valence-electron chi connectivity index (χ0n) is 12.2. The lowest BCUT2D eigenvalue weighted by molar-refractivity contribution is -0.151. The summed E-state index contributed by atoms with van der Waals surface area (Å²) in [6, 6.07) is 2.37. The number of carbonyl (C=O) groups is 2. The first-order valence-corrected chi connectivity index (χ1v) is 6.82. The van der Waals surface area contributed by atoms with Crippen molar-refractivity contribution >= 4 is 12.0 Å². The third-order valence-corrected chi connectivity index (χ3v) is 3.72. The lowest BCUT2D eigenvalue weighted by Crippen LogP contribution is -2.43. The van der Waals surface area contributed by atoms with Crippen LogP contribution in [0.4, 0.5) is 9.18 Å². The van der Waals surface area contributed by atoms with E-state index in [0.717, 1.165) is 6.20 Å². The summed E-state index contributed by atoms with van der Waals surface area (Å²) in [5.74, 6) is -1.41. The van der Waals surface area contributed by atoms with Crippen LogP contribution in [0.2, 0.25) is 0 Å². The number of halogens is 1. The van der Waals surface area contributed by atoms with Crippen molar-refractivity contribution in [2.45, 2.75) is 13.0 Å². The summed E-state index contributed by atoms with van der Waals surface area (Å²) in [7, 11) is 1.44. The van der Waals surface area contributed by atoms with E-state index in [2.05, 4.69) is 10.3 Å². The Morgan fingerprint density at radius 2 is 2.32 bits per heavy atom. The zero-order valence-corrected chi connectivity index (χ0v) is 12.2. The van der Waals surface area contributed by atoms with E-state index in [4.69, 9.17) is 4.74 Å². The van der Waals surface area contributed by atoms with Gasteiger partial charge >= 0.3 is 12.0 Å². The number of carboxylic acids is 1. The van der Waals surface area contributed by atoms with Gasteiger partial charge in [-0.05, 0) is 18.6 Å². The number of carbonyl (C=O) groups excluding carboxylic acids is 1. The van der Waals surface area contributed by atoms with Crippen molar-refractivity contribution in [1.29, 1.82) is 0 Å². The van der Waals surface area contributed by atoms with Crippen LogP contribution >= 0.6 is 0 Å². The number of rotatable bonds is 5. The smallest absolute Gasteiger partial charge is 0.317 e. The van der Waals surface area contributed by atoms with E-state index in [-0.39, 0.29) is 25.7 Å². The molecule has 0 saturated carbocycles. The molecule has 1 aromatic rings. The molecule has 8 heteroatoms. The molecule has 0 bridgehead atoms. The van der Waals surface area contributed by atoms with Gasteiger partial charge in [0.1, 0.15) is 11.2 Å². The van der Waals surface area contributed by atoms with Crippen molar-refractivity contribution in [2.75, 3.05) is 26.8 Å². The average molecular weight is 311 g/mol. The van der Waals surface area contributed by atoms with Gasteiger partial charge in [-0.2, -0.15) is 0 Å². The molecule has 1 unspecified atom stereocenters. The molecule has 22 heavy (non-hydrogen) atoms. The van der Waals surface area contributed by atoms with Crippen LogP contribution in [0.1, 0.15) is 12.1 Å². The molecule has 1 saturated heterocycles. The van der Waals surface area contributed by atoms with Crippen LogP contribution in [0.5, 0.6) is 0 Å². The van der Waals surface area contributed by atoms with Crippen molar-refractivity contribution in [2.24, 2.45) is 5.41 Å². The molecule has 1 aliphatic heterocycles. The SMILES string of the molecule is COCC1(C(=O)O)CCN(C(=O)NCc2ccc(F)cn2)C1. The molecule has 0 aliphatic carbocycles. The second-order valence-corrected chi connectivity index (χ2v) is 5.32. The molecule has 2 heterocycles. The van der Waals surface area contributed by atoms with Gasteiger partial charge in [0, 0.05) is 20.2 Å². The zero-order chi connectivity index (χ0) is 16.2. The number of methoxy groups -OCH3 is 1. The Balaban J connectivity index is 1.91. The van der Waals surface area contributed by atoms with Crippen molar-refractivity contribution in [3.05, 3.63) is 29.8 Å². The summed E-state index contributed by atoms with van der Waals surface area (Å²) in [5, 5.41) is 12.0. The number of nitrogens with zero attached hydrogens (tertiary/aromatic N) is 2. The first kappa shape index (κ1) is 16.2. The summed E-state index contributed by atoms with van der Waals surface area (Å²) in [6.45, 7) is 0.656. The largest absolute Gasteiger partial charge is 0.481 e. The molecule has 1 aliphatic rings. The van der Waals surface area contributed by atoms with E-state index in [1.807, 2.05) is 0 Å². The van der Waals surface area contributed by atoms with Crippen molar-refractivity contribution in [3.63, 3.8) is 0 Å². The Morgan fingerprint density at radius 3 is 2.91 bits per heavy atom. The first-order chi connectivity index (χ1) is 10.5. The van der Waals surface area contributed by atoms with Crippen LogP contribution in [0.15, 0.2) is 18.3 Å². The van der Waals surface area contributed by atoms with Crippen LogP contribution in [-0.4, -0.2) is 53.8 Å². The van der Waals surface area contributed by atoms with E-state index in [1.54, 1.807) is 0 Å². The topological polar surface area (TPSA) is 91.8 Å². The predicted molar refractivity (Wildman–Crippen MR) is 74.6 cm³/mol. The lowest BCUT2D eigenvalue weighted by atomic mass is 9.88. The monoisotopic (exact) mass is 311 g/mol. The van der Waals surface area contributed by atoms with Gasteiger partial charge in [0.15, 0.2) is 0 Å². The Kier molecular flexibility index (Phi) is 4.92. The van der Waals surface area contributed by atoms with Gasteiger partial charge in [-0.25, -0.2) is 9.18 Å². The summed E-state index contributed by atoms with van der Waals surface area (Å²) >= 11 is 0. The number of hydrogen-bond donors (Lipinski definition) is 2. The summed E-state index contributed by atoms with van der Waals surface area (Å²) in [4.78, 5) is 28.8. The van der Waals surface area contributed by atoms with E-state index in [9.17, 15) is 19.1 Å². The molecule has 2 amide bonds. The highest BCUT2D eigenvalue weighted by Gasteiger charge is 2.46. The number of aliphatic carboxylic acids is 1. The lowest BCUT2D eigenvalue weighted by Gasteiger charge is -2.23. The summed E-state index contributed by atoms with van der Waals surface area (Å²) in [5.41, 5.74) is -0.532. The number of ether oxygens (including phenoxy) is 1. The molecule has 1 aromatic heterocycles. The molecular weight excluding hydrogens is 293 g/mol. The van der Waals surface area contributed by atoms with E-state index in [1.165, 1.54) is 24.1 Å². The van der Waals surface area contributed by atoms with Crippen LogP contribution in [0.3, 0.4) is 0 Å². The van der Waals surface area contributed by atoms with Crippen LogP contribution in [-0.2, 0) is 16.1 Å². The van der Waals surface area contributed by atoms with E-state index in [0.29, 0.717) is 18.7 Å². The number of likely N-dealkylation sites (tertiary alicyclic amines) is 1. The van der Waals surface area contributed by atoms with Crippen molar-refractivity contribution in [3.8, 4) is 0 Å². The quantitative estimate of drug-likeness (QED) is 0.841. The molecule has 120 valence electrons. The van der Waals surface area contributed by atoms with Crippen LogP contribution in [0.25, 0.3) is 0 Å². The first-order valence-electron chi connectivity index (χ1n) is 6.82. The number of hydrogen-bond acceptors (Lipinski definition) is 4. The van der Waals surface area contributed by atoms with Gasteiger partial charge in [0.05, 0.1) is 25.0 Å².